The zero-order valence-corrected chi connectivity index (χ0v) is 8.52. The van der Waals surface area contributed by atoms with Crippen LogP contribution in [0.1, 0.15) is 10.4 Å². The molecule has 17 heavy (non-hydrogen) atoms. The fourth-order valence-electron chi connectivity index (χ4n) is 1.38. The minimum absolute atomic E-state index is 0.281. The second kappa shape index (κ2) is 4.29. The number of aromatic carboxylic acids is 1. The van der Waals surface area contributed by atoms with E-state index in [0.717, 1.165) is 12.3 Å². The Morgan fingerprint density at radius 2 is 1.82 bits per heavy atom. The molecule has 2 rings (SSSR count). The topological polar surface area (TPSA) is 50.2 Å². The number of carboxylic acids is 1. The zero-order valence-electron chi connectivity index (χ0n) is 8.52. The maximum absolute atomic E-state index is 13.1. The molecule has 3 nitrogen and oxygen atoms in total. The molecule has 0 aliphatic heterocycles. The Morgan fingerprint density at radius 3 is 2.41 bits per heavy atom. The van der Waals surface area contributed by atoms with E-state index in [1.54, 1.807) is 0 Å². The number of hydrogen-bond donors (Lipinski definition) is 1. The highest BCUT2D eigenvalue weighted by atomic mass is 19.1. The number of benzene rings is 1. The molecule has 0 radical (unpaired) electrons. The molecule has 0 saturated carbocycles. The summed E-state index contributed by atoms with van der Waals surface area (Å²) < 4.78 is 25.8. The van der Waals surface area contributed by atoms with Crippen molar-refractivity contribution in [3.05, 3.63) is 53.7 Å². The van der Waals surface area contributed by atoms with E-state index < -0.39 is 23.2 Å². The van der Waals surface area contributed by atoms with E-state index in [-0.39, 0.29) is 5.69 Å². The van der Waals surface area contributed by atoms with Gasteiger partial charge < -0.3 is 5.11 Å². The summed E-state index contributed by atoms with van der Waals surface area (Å²) in [6, 6.07) is 6.45. The standard InChI is InChI=1S/C12H7F2NO2/c13-8-3-1-7(2-4-8)11-5-9(12(16)17)10(14)6-15-11/h1-6H,(H,16,17). The summed E-state index contributed by atoms with van der Waals surface area (Å²) in [4.78, 5) is 14.5. The fourth-order valence-corrected chi connectivity index (χ4v) is 1.38. The minimum atomic E-state index is -1.37. The highest BCUT2D eigenvalue weighted by molar-refractivity contribution is 5.89. The first-order chi connectivity index (χ1) is 8.08. The Kier molecular flexibility index (Phi) is 2.82. The van der Waals surface area contributed by atoms with Gasteiger partial charge in [0.15, 0.2) is 5.82 Å². The number of aromatic nitrogens is 1. The van der Waals surface area contributed by atoms with Crippen molar-refractivity contribution in [1.82, 2.24) is 4.98 Å². The summed E-state index contributed by atoms with van der Waals surface area (Å²) in [5.41, 5.74) is 0.344. The van der Waals surface area contributed by atoms with Gasteiger partial charge in [0.05, 0.1) is 17.5 Å². The molecule has 0 bridgehead atoms. The Morgan fingerprint density at radius 1 is 1.18 bits per heavy atom. The average molecular weight is 235 g/mol. The van der Waals surface area contributed by atoms with Crippen molar-refractivity contribution in [2.45, 2.75) is 0 Å². The predicted octanol–water partition coefficient (Wildman–Crippen LogP) is 2.73. The van der Waals surface area contributed by atoms with Crippen LogP contribution in [-0.4, -0.2) is 16.1 Å². The minimum Gasteiger partial charge on any atom is -0.478 e. The van der Waals surface area contributed by atoms with E-state index in [0.29, 0.717) is 5.56 Å². The lowest BCUT2D eigenvalue weighted by molar-refractivity contribution is 0.0691. The van der Waals surface area contributed by atoms with Gasteiger partial charge in [0.2, 0.25) is 0 Å². The molecule has 0 aliphatic carbocycles. The van der Waals surface area contributed by atoms with Crippen molar-refractivity contribution in [3.63, 3.8) is 0 Å². The summed E-state index contributed by atoms with van der Waals surface area (Å²) in [7, 11) is 0. The van der Waals surface area contributed by atoms with Crippen molar-refractivity contribution < 1.29 is 18.7 Å². The van der Waals surface area contributed by atoms with Gasteiger partial charge in [0, 0.05) is 5.56 Å². The highest BCUT2D eigenvalue weighted by Gasteiger charge is 2.12. The first-order valence-electron chi connectivity index (χ1n) is 4.72. The molecule has 0 fully saturated rings. The zero-order chi connectivity index (χ0) is 12.4. The number of rotatable bonds is 2. The van der Waals surface area contributed by atoms with E-state index in [2.05, 4.69) is 4.98 Å². The van der Waals surface area contributed by atoms with E-state index in [1.807, 2.05) is 0 Å². The Bertz CT molecular complexity index is 567. The van der Waals surface area contributed by atoms with Crippen molar-refractivity contribution in [3.8, 4) is 11.3 Å². The lowest BCUT2D eigenvalue weighted by Crippen LogP contribution is -2.02. The Balaban J connectivity index is 2.50. The molecule has 1 aromatic heterocycles. The summed E-state index contributed by atoms with van der Waals surface area (Å²) in [6.45, 7) is 0. The van der Waals surface area contributed by atoms with Gasteiger partial charge in [-0.15, -0.1) is 0 Å². The normalized spacial score (nSPS) is 10.2. The van der Waals surface area contributed by atoms with Crippen LogP contribution in [0, 0.1) is 11.6 Å². The lowest BCUT2D eigenvalue weighted by Gasteiger charge is -2.03. The van der Waals surface area contributed by atoms with Crippen molar-refractivity contribution in [2.75, 3.05) is 0 Å². The lowest BCUT2D eigenvalue weighted by atomic mass is 10.1. The van der Waals surface area contributed by atoms with Crippen LogP contribution in [0.4, 0.5) is 8.78 Å². The molecule has 0 amide bonds. The van der Waals surface area contributed by atoms with E-state index in [1.165, 1.54) is 24.3 Å². The quantitative estimate of drug-likeness (QED) is 0.870. The van der Waals surface area contributed by atoms with Crippen LogP contribution in [-0.2, 0) is 0 Å². The summed E-state index contributed by atoms with van der Waals surface area (Å²) >= 11 is 0. The summed E-state index contributed by atoms with van der Waals surface area (Å²) in [5, 5.41) is 8.75. The largest absolute Gasteiger partial charge is 0.478 e. The molecular formula is C12H7F2NO2. The molecule has 0 spiro atoms. The van der Waals surface area contributed by atoms with Crippen LogP contribution in [0.25, 0.3) is 11.3 Å². The Hall–Kier alpha value is -2.30. The van der Waals surface area contributed by atoms with E-state index >= 15 is 0 Å². The smallest absolute Gasteiger partial charge is 0.338 e. The van der Waals surface area contributed by atoms with E-state index in [9.17, 15) is 13.6 Å². The van der Waals surface area contributed by atoms with Gasteiger partial charge in [-0.1, -0.05) is 0 Å². The van der Waals surface area contributed by atoms with E-state index in [4.69, 9.17) is 5.11 Å². The van der Waals surface area contributed by atoms with Crippen molar-refractivity contribution in [1.29, 1.82) is 0 Å². The monoisotopic (exact) mass is 235 g/mol. The molecule has 1 aromatic carbocycles. The molecule has 5 heteroatoms. The third kappa shape index (κ3) is 2.28. The van der Waals surface area contributed by atoms with Gasteiger partial charge >= 0.3 is 5.97 Å². The van der Waals surface area contributed by atoms with Gasteiger partial charge in [0.25, 0.3) is 0 Å². The molecule has 0 saturated heterocycles. The predicted molar refractivity (Wildman–Crippen MR) is 56.5 cm³/mol. The summed E-state index contributed by atoms with van der Waals surface area (Å²) in [6.07, 6.45) is 0.835. The molecule has 1 heterocycles. The number of carbonyl (C=O) groups is 1. The third-order valence-corrected chi connectivity index (χ3v) is 2.23. The third-order valence-electron chi connectivity index (χ3n) is 2.23. The number of nitrogens with zero attached hydrogens (tertiary/aromatic N) is 1. The number of halogens is 2. The number of carboxylic acid groups (broad SMARTS) is 1. The first-order valence-corrected chi connectivity index (χ1v) is 4.72. The van der Waals surface area contributed by atoms with Crippen molar-refractivity contribution >= 4 is 5.97 Å². The van der Waals surface area contributed by atoms with Crippen LogP contribution in [0.2, 0.25) is 0 Å². The Labute approximate surface area is 95.4 Å². The molecule has 2 aromatic rings. The second-order valence-corrected chi connectivity index (χ2v) is 3.36. The van der Waals surface area contributed by atoms with Crippen molar-refractivity contribution in [2.24, 2.45) is 0 Å². The molecule has 86 valence electrons. The van der Waals surface area contributed by atoms with Crippen LogP contribution < -0.4 is 0 Å². The van der Waals surface area contributed by atoms with Crippen LogP contribution in [0.3, 0.4) is 0 Å². The van der Waals surface area contributed by atoms with Crippen LogP contribution in [0.5, 0.6) is 0 Å². The van der Waals surface area contributed by atoms with Crippen LogP contribution >= 0.6 is 0 Å². The molecule has 0 atom stereocenters. The van der Waals surface area contributed by atoms with Gasteiger partial charge in [-0.3, -0.25) is 4.98 Å². The number of pyridine rings is 1. The summed E-state index contributed by atoms with van der Waals surface area (Å²) in [5.74, 6) is -2.68. The maximum atomic E-state index is 13.1. The first kappa shape index (κ1) is 11.2. The van der Waals surface area contributed by atoms with Crippen LogP contribution in [0.15, 0.2) is 36.5 Å². The fraction of sp³-hybridized carbons (Fsp3) is 0. The van der Waals surface area contributed by atoms with Gasteiger partial charge in [-0.05, 0) is 30.3 Å². The average Bonchev–Trinajstić information content (AvgIpc) is 2.30. The second-order valence-electron chi connectivity index (χ2n) is 3.36. The number of hydrogen-bond acceptors (Lipinski definition) is 2. The molecule has 0 aliphatic rings. The SMILES string of the molecule is O=C(O)c1cc(-c2ccc(F)cc2)ncc1F. The highest BCUT2D eigenvalue weighted by Crippen LogP contribution is 2.19. The maximum Gasteiger partial charge on any atom is 0.338 e. The molecule has 1 N–H and O–H groups in total. The molecular weight excluding hydrogens is 228 g/mol. The van der Waals surface area contributed by atoms with Gasteiger partial charge in [-0.2, -0.15) is 0 Å². The van der Waals surface area contributed by atoms with Gasteiger partial charge in [-0.25, -0.2) is 13.6 Å². The molecule has 0 unspecified atom stereocenters. The van der Waals surface area contributed by atoms with Gasteiger partial charge in [0.1, 0.15) is 5.82 Å².